The standard InChI is InChI=1S/C17H24N4O2/c22-17(15-2-1-11-23-15)20-9-6-14(7-10-20)21(13-3-4-13)16-5-8-18-12-19-16/h5,8,12-15H,1-4,6-7,9-11H2. The van der Waals surface area contributed by atoms with Crippen molar-refractivity contribution in [3.8, 4) is 0 Å². The molecule has 3 heterocycles. The molecule has 0 spiro atoms. The molecular formula is C17H24N4O2. The Bertz CT molecular complexity index is 535. The molecule has 1 amide bonds. The van der Waals surface area contributed by atoms with Crippen molar-refractivity contribution in [3.63, 3.8) is 0 Å². The number of hydrogen-bond acceptors (Lipinski definition) is 5. The van der Waals surface area contributed by atoms with Gasteiger partial charge in [-0.05, 0) is 44.6 Å². The minimum absolute atomic E-state index is 0.187. The molecule has 3 aliphatic rings. The molecule has 0 N–H and O–H groups in total. The molecule has 0 bridgehead atoms. The van der Waals surface area contributed by atoms with Crippen LogP contribution in [0, 0.1) is 0 Å². The highest BCUT2D eigenvalue weighted by atomic mass is 16.5. The first-order valence-corrected chi connectivity index (χ1v) is 8.77. The average molecular weight is 316 g/mol. The van der Waals surface area contributed by atoms with E-state index in [9.17, 15) is 4.79 Å². The fourth-order valence-electron chi connectivity index (χ4n) is 3.80. The number of likely N-dealkylation sites (tertiary alicyclic amines) is 1. The van der Waals surface area contributed by atoms with Crippen LogP contribution in [-0.2, 0) is 9.53 Å². The Kier molecular flexibility index (Phi) is 4.16. The van der Waals surface area contributed by atoms with Gasteiger partial charge in [0.25, 0.3) is 5.91 Å². The Morgan fingerprint density at radius 2 is 1.96 bits per heavy atom. The molecule has 0 radical (unpaired) electrons. The molecule has 2 aliphatic heterocycles. The summed E-state index contributed by atoms with van der Waals surface area (Å²) in [7, 11) is 0. The van der Waals surface area contributed by atoms with Crippen LogP contribution in [-0.4, -0.2) is 58.7 Å². The number of amides is 1. The Labute approximate surface area is 136 Å². The molecule has 6 nitrogen and oxygen atoms in total. The van der Waals surface area contributed by atoms with E-state index in [1.54, 1.807) is 6.33 Å². The van der Waals surface area contributed by atoms with Crippen molar-refractivity contribution in [3.05, 3.63) is 18.6 Å². The van der Waals surface area contributed by atoms with Crippen LogP contribution >= 0.6 is 0 Å². The number of anilines is 1. The molecule has 1 aromatic rings. The molecule has 4 rings (SSSR count). The molecular weight excluding hydrogens is 292 g/mol. The largest absolute Gasteiger partial charge is 0.368 e. The van der Waals surface area contributed by atoms with Crippen molar-refractivity contribution in [1.29, 1.82) is 0 Å². The van der Waals surface area contributed by atoms with E-state index < -0.39 is 0 Å². The lowest BCUT2D eigenvalue weighted by molar-refractivity contribution is -0.142. The maximum absolute atomic E-state index is 12.5. The molecule has 23 heavy (non-hydrogen) atoms. The number of aromatic nitrogens is 2. The third-order valence-electron chi connectivity index (χ3n) is 5.15. The summed E-state index contributed by atoms with van der Waals surface area (Å²) in [6.07, 6.45) is 9.67. The summed E-state index contributed by atoms with van der Waals surface area (Å²) in [5.41, 5.74) is 0. The number of carbonyl (C=O) groups is 1. The van der Waals surface area contributed by atoms with E-state index >= 15 is 0 Å². The lowest BCUT2D eigenvalue weighted by Crippen LogP contribution is -2.50. The highest BCUT2D eigenvalue weighted by molar-refractivity contribution is 5.81. The van der Waals surface area contributed by atoms with E-state index in [1.807, 2.05) is 17.2 Å². The number of nitrogens with zero attached hydrogens (tertiary/aromatic N) is 4. The van der Waals surface area contributed by atoms with Gasteiger partial charge in [-0.1, -0.05) is 0 Å². The van der Waals surface area contributed by atoms with E-state index in [0.717, 1.165) is 51.2 Å². The van der Waals surface area contributed by atoms with E-state index in [0.29, 0.717) is 12.1 Å². The lowest BCUT2D eigenvalue weighted by atomic mass is 10.0. The number of hydrogen-bond donors (Lipinski definition) is 0. The van der Waals surface area contributed by atoms with Gasteiger partial charge in [0.2, 0.25) is 0 Å². The van der Waals surface area contributed by atoms with Gasteiger partial charge >= 0.3 is 0 Å². The van der Waals surface area contributed by atoms with Gasteiger partial charge in [-0.2, -0.15) is 0 Å². The Morgan fingerprint density at radius 1 is 1.17 bits per heavy atom. The van der Waals surface area contributed by atoms with E-state index in [-0.39, 0.29) is 12.0 Å². The first-order valence-electron chi connectivity index (χ1n) is 8.77. The SMILES string of the molecule is O=C(C1CCCO1)N1CCC(N(c2ccncn2)C2CC2)CC1. The van der Waals surface area contributed by atoms with E-state index in [4.69, 9.17) is 4.74 Å². The van der Waals surface area contributed by atoms with Crippen LogP contribution in [0.2, 0.25) is 0 Å². The van der Waals surface area contributed by atoms with E-state index in [2.05, 4.69) is 14.9 Å². The van der Waals surface area contributed by atoms with Gasteiger partial charge in [-0.15, -0.1) is 0 Å². The fraction of sp³-hybridized carbons (Fsp3) is 0.706. The maximum Gasteiger partial charge on any atom is 0.251 e. The highest BCUT2D eigenvalue weighted by Crippen LogP contribution is 2.35. The van der Waals surface area contributed by atoms with Crippen molar-refractivity contribution in [2.24, 2.45) is 0 Å². The molecule has 2 saturated heterocycles. The van der Waals surface area contributed by atoms with Crippen molar-refractivity contribution < 1.29 is 9.53 Å². The first kappa shape index (κ1) is 14.9. The molecule has 1 atom stereocenters. The Morgan fingerprint density at radius 3 is 2.57 bits per heavy atom. The second-order valence-corrected chi connectivity index (χ2v) is 6.76. The summed E-state index contributed by atoms with van der Waals surface area (Å²) in [6.45, 7) is 2.39. The van der Waals surface area contributed by atoms with Gasteiger partial charge in [0.15, 0.2) is 0 Å². The van der Waals surface area contributed by atoms with Crippen LogP contribution in [0.4, 0.5) is 5.82 Å². The third-order valence-corrected chi connectivity index (χ3v) is 5.15. The summed E-state index contributed by atoms with van der Waals surface area (Å²) >= 11 is 0. The van der Waals surface area contributed by atoms with Gasteiger partial charge in [-0.3, -0.25) is 4.79 Å². The average Bonchev–Trinajstić information content (AvgIpc) is 3.28. The fourth-order valence-corrected chi connectivity index (χ4v) is 3.80. The summed E-state index contributed by atoms with van der Waals surface area (Å²) < 4.78 is 5.54. The monoisotopic (exact) mass is 316 g/mol. The van der Waals surface area contributed by atoms with Gasteiger partial charge in [0.1, 0.15) is 18.2 Å². The molecule has 1 aromatic heterocycles. The van der Waals surface area contributed by atoms with Gasteiger partial charge in [0.05, 0.1) is 0 Å². The predicted molar refractivity (Wildman–Crippen MR) is 86.1 cm³/mol. The minimum Gasteiger partial charge on any atom is -0.368 e. The second kappa shape index (κ2) is 6.43. The van der Waals surface area contributed by atoms with Crippen molar-refractivity contribution in [2.75, 3.05) is 24.6 Å². The summed E-state index contributed by atoms with van der Waals surface area (Å²) in [6, 6.07) is 3.10. The molecule has 1 aliphatic carbocycles. The van der Waals surface area contributed by atoms with Crippen LogP contribution in [0.25, 0.3) is 0 Å². The molecule has 3 fully saturated rings. The maximum atomic E-state index is 12.5. The first-order chi connectivity index (χ1) is 11.3. The van der Waals surface area contributed by atoms with Crippen molar-refractivity contribution in [2.45, 2.75) is 56.7 Å². The van der Waals surface area contributed by atoms with Gasteiger partial charge in [0, 0.05) is 38.0 Å². The van der Waals surface area contributed by atoms with Crippen LogP contribution in [0.15, 0.2) is 18.6 Å². The summed E-state index contributed by atoms with van der Waals surface area (Å²) in [4.78, 5) is 25.4. The Balaban J connectivity index is 1.39. The van der Waals surface area contributed by atoms with Crippen LogP contribution in [0.3, 0.4) is 0 Å². The topological polar surface area (TPSA) is 58.6 Å². The highest BCUT2D eigenvalue weighted by Gasteiger charge is 2.38. The van der Waals surface area contributed by atoms with E-state index in [1.165, 1.54) is 12.8 Å². The zero-order valence-corrected chi connectivity index (χ0v) is 13.4. The van der Waals surface area contributed by atoms with Crippen LogP contribution < -0.4 is 4.90 Å². The minimum atomic E-state index is -0.187. The summed E-state index contributed by atoms with van der Waals surface area (Å²) in [5.74, 6) is 1.23. The number of piperidine rings is 1. The van der Waals surface area contributed by atoms with Crippen molar-refractivity contribution in [1.82, 2.24) is 14.9 Å². The van der Waals surface area contributed by atoms with Crippen LogP contribution in [0.5, 0.6) is 0 Å². The van der Waals surface area contributed by atoms with Crippen LogP contribution in [0.1, 0.15) is 38.5 Å². The second-order valence-electron chi connectivity index (χ2n) is 6.76. The normalized spacial score (nSPS) is 25.6. The summed E-state index contributed by atoms with van der Waals surface area (Å²) in [5, 5.41) is 0. The zero-order chi connectivity index (χ0) is 15.6. The smallest absolute Gasteiger partial charge is 0.251 e. The molecule has 1 saturated carbocycles. The number of ether oxygens (including phenoxy) is 1. The van der Waals surface area contributed by atoms with Crippen molar-refractivity contribution >= 4 is 11.7 Å². The lowest BCUT2D eigenvalue weighted by Gasteiger charge is -2.40. The molecule has 1 unspecified atom stereocenters. The molecule has 0 aromatic carbocycles. The van der Waals surface area contributed by atoms with Gasteiger partial charge in [-0.25, -0.2) is 9.97 Å². The Hall–Kier alpha value is -1.69. The quantitative estimate of drug-likeness (QED) is 0.845. The zero-order valence-electron chi connectivity index (χ0n) is 13.4. The predicted octanol–water partition coefficient (Wildman–Crippen LogP) is 1.62. The number of carbonyl (C=O) groups excluding carboxylic acids is 1. The molecule has 6 heteroatoms. The third kappa shape index (κ3) is 3.17. The molecule has 124 valence electrons. The van der Waals surface area contributed by atoms with Gasteiger partial charge < -0.3 is 14.5 Å². The number of rotatable bonds is 4.